The summed E-state index contributed by atoms with van der Waals surface area (Å²) in [6.45, 7) is 4.66. The maximum atomic E-state index is 13.2. The average Bonchev–Trinajstić information content (AvgIpc) is 2.70. The molecule has 0 aromatic heterocycles. The van der Waals surface area contributed by atoms with Gasteiger partial charge in [0.25, 0.3) is 0 Å². The first-order valence-corrected chi connectivity index (χ1v) is 9.37. The number of hydrogen-bond acceptors (Lipinski definition) is 3. The Labute approximate surface area is 166 Å². The number of benzene rings is 3. The first-order valence-electron chi connectivity index (χ1n) is 9.37. The van der Waals surface area contributed by atoms with E-state index in [-0.39, 0.29) is 5.91 Å². The van der Waals surface area contributed by atoms with Crippen molar-refractivity contribution in [2.24, 2.45) is 0 Å². The summed E-state index contributed by atoms with van der Waals surface area (Å²) in [6, 6.07) is 23.2. The van der Waals surface area contributed by atoms with Gasteiger partial charge in [0.1, 0.15) is 11.8 Å². The third-order valence-corrected chi connectivity index (χ3v) is 4.77. The van der Waals surface area contributed by atoms with Gasteiger partial charge in [0.2, 0.25) is 5.91 Å². The molecule has 0 spiro atoms. The van der Waals surface area contributed by atoms with Gasteiger partial charge in [0.15, 0.2) is 0 Å². The maximum Gasteiger partial charge on any atom is 0.246 e. The van der Waals surface area contributed by atoms with E-state index in [4.69, 9.17) is 4.74 Å². The van der Waals surface area contributed by atoms with Crippen LogP contribution < -0.4 is 15.4 Å². The second kappa shape index (κ2) is 9.20. The normalized spacial score (nSPS) is 11.7. The van der Waals surface area contributed by atoms with E-state index in [9.17, 15) is 4.79 Å². The van der Waals surface area contributed by atoms with Crippen molar-refractivity contribution < 1.29 is 9.53 Å². The molecule has 0 saturated heterocycles. The Morgan fingerprint density at radius 3 is 2.39 bits per heavy atom. The van der Waals surface area contributed by atoms with E-state index in [0.29, 0.717) is 18.0 Å². The number of anilines is 1. The molecule has 1 atom stereocenters. The van der Waals surface area contributed by atoms with Crippen LogP contribution in [0.4, 0.5) is 5.69 Å². The minimum Gasteiger partial charge on any atom is -0.495 e. The van der Waals surface area contributed by atoms with Crippen molar-refractivity contribution in [2.45, 2.75) is 26.4 Å². The monoisotopic (exact) mass is 374 g/mol. The van der Waals surface area contributed by atoms with E-state index in [2.05, 4.69) is 29.7 Å². The fourth-order valence-corrected chi connectivity index (χ4v) is 3.15. The highest BCUT2D eigenvalue weighted by molar-refractivity contribution is 5.96. The molecule has 4 nitrogen and oxygen atoms in total. The van der Waals surface area contributed by atoms with Gasteiger partial charge in [0.05, 0.1) is 12.8 Å². The maximum absolute atomic E-state index is 13.2. The van der Waals surface area contributed by atoms with Crippen LogP contribution in [0.2, 0.25) is 0 Å². The van der Waals surface area contributed by atoms with Gasteiger partial charge >= 0.3 is 0 Å². The van der Waals surface area contributed by atoms with E-state index in [0.717, 1.165) is 11.1 Å². The number of amides is 1. The Morgan fingerprint density at radius 1 is 0.964 bits per heavy atom. The summed E-state index contributed by atoms with van der Waals surface area (Å²) >= 11 is 0. The lowest BCUT2D eigenvalue weighted by molar-refractivity contribution is -0.118. The molecule has 2 N–H and O–H groups in total. The SMILES string of the molecule is COc1ccc(C)cc1NC(=O)[C@@H](NCc1ccccc1C)c1ccccc1. The molecule has 0 aliphatic rings. The standard InChI is InChI=1S/C24H26N2O2/c1-17-13-14-22(28-3)21(15-17)26-24(27)23(19-10-5-4-6-11-19)25-16-20-12-8-7-9-18(20)2/h4-15,23,25H,16H2,1-3H3,(H,26,27)/t23-/m0/s1. The Hall–Kier alpha value is -3.11. The summed E-state index contributed by atoms with van der Waals surface area (Å²) in [5.74, 6) is 0.522. The van der Waals surface area contributed by atoms with Crippen LogP contribution in [-0.2, 0) is 11.3 Å². The lowest BCUT2D eigenvalue weighted by Crippen LogP contribution is -2.33. The van der Waals surface area contributed by atoms with Crippen molar-refractivity contribution in [3.05, 3.63) is 95.1 Å². The molecule has 0 unspecified atom stereocenters. The van der Waals surface area contributed by atoms with Crippen LogP contribution in [0.25, 0.3) is 0 Å². The van der Waals surface area contributed by atoms with Gasteiger partial charge in [-0.1, -0.05) is 60.7 Å². The summed E-state index contributed by atoms with van der Waals surface area (Å²) in [5.41, 5.74) is 5.01. The molecule has 1 amide bonds. The first-order chi connectivity index (χ1) is 13.6. The van der Waals surface area contributed by atoms with Crippen molar-refractivity contribution in [2.75, 3.05) is 12.4 Å². The third-order valence-electron chi connectivity index (χ3n) is 4.77. The predicted octanol–water partition coefficient (Wildman–Crippen LogP) is 4.78. The third kappa shape index (κ3) is 4.78. The molecule has 3 rings (SSSR count). The van der Waals surface area contributed by atoms with Crippen LogP contribution in [0.5, 0.6) is 5.75 Å². The van der Waals surface area contributed by atoms with E-state index < -0.39 is 6.04 Å². The van der Waals surface area contributed by atoms with E-state index in [1.807, 2.05) is 67.6 Å². The van der Waals surface area contributed by atoms with Crippen LogP contribution in [0.1, 0.15) is 28.3 Å². The van der Waals surface area contributed by atoms with Gasteiger partial charge in [-0.25, -0.2) is 0 Å². The highest BCUT2D eigenvalue weighted by Gasteiger charge is 2.21. The second-order valence-electron chi connectivity index (χ2n) is 6.84. The molecule has 0 saturated carbocycles. The lowest BCUT2D eigenvalue weighted by atomic mass is 10.0. The van der Waals surface area contributed by atoms with Crippen molar-refractivity contribution in [1.82, 2.24) is 5.32 Å². The van der Waals surface area contributed by atoms with Gasteiger partial charge < -0.3 is 10.1 Å². The summed E-state index contributed by atoms with van der Waals surface area (Å²) < 4.78 is 5.40. The van der Waals surface area contributed by atoms with Gasteiger partial charge in [-0.05, 0) is 48.2 Å². The fourth-order valence-electron chi connectivity index (χ4n) is 3.15. The summed E-state index contributed by atoms with van der Waals surface area (Å²) in [5, 5.41) is 6.44. The van der Waals surface area contributed by atoms with Gasteiger partial charge in [-0.3, -0.25) is 10.1 Å². The Balaban J connectivity index is 1.84. The molecule has 0 aliphatic heterocycles. The average molecular weight is 374 g/mol. The number of nitrogens with one attached hydrogen (secondary N) is 2. The van der Waals surface area contributed by atoms with Gasteiger partial charge in [0, 0.05) is 6.54 Å². The van der Waals surface area contributed by atoms with Gasteiger partial charge in [-0.15, -0.1) is 0 Å². The number of methoxy groups -OCH3 is 1. The quantitative estimate of drug-likeness (QED) is 0.626. The predicted molar refractivity (Wildman–Crippen MR) is 114 cm³/mol. The topological polar surface area (TPSA) is 50.4 Å². The first kappa shape index (κ1) is 19.6. The van der Waals surface area contributed by atoms with Crippen molar-refractivity contribution in [3.8, 4) is 5.75 Å². The largest absolute Gasteiger partial charge is 0.495 e. The lowest BCUT2D eigenvalue weighted by Gasteiger charge is -2.20. The highest BCUT2D eigenvalue weighted by atomic mass is 16.5. The molecule has 0 radical (unpaired) electrons. The van der Waals surface area contributed by atoms with Crippen LogP contribution in [-0.4, -0.2) is 13.0 Å². The number of rotatable bonds is 7. The number of aryl methyl sites for hydroxylation is 2. The molecule has 0 fully saturated rings. The fraction of sp³-hybridized carbons (Fsp3) is 0.208. The van der Waals surface area contributed by atoms with Crippen LogP contribution in [0.3, 0.4) is 0 Å². The Bertz CT molecular complexity index is 938. The summed E-state index contributed by atoms with van der Waals surface area (Å²) in [4.78, 5) is 13.2. The van der Waals surface area contributed by atoms with E-state index >= 15 is 0 Å². The molecule has 144 valence electrons. The highest BCUT2D eigenvalue weighted by Crippen LogP contribution is 2.27. The number of hydrogen-bond donors (Lipinski definition) is 2. The summed E-state index contributed by atoms with van der Waals surface area (Å²) in [7, 11) is 1.60. The minimum atomic E-state index is -0.481. The van der Waals surface area contributed by atoms with Crippen LogP contribution in [0, 0.1) is 13.8 Å². The molecule has 4 heteroatoms. The molecule has 0 heterocycles. The zero-order valence-corrected chi connectivity index (χ0v) is 16.5. The Morgan fingerprint density at radius 2 is 1.68 bits per heavy atom. The molecule has 28 heavy (non-hydrogen) atoms. The van der Waals surface area contributed by atoms with Gasteiger partial charge in [-0.2, -0.15) is 0 Å². The van der Waals surface area contributed by atoms with Crippen LogP contribution in [0.15, 0.2) is 72.8 Å². The number of ether oxygens (including phenoxy) is 1. The molecule has 0 aliphatic carbocycles. The molecule has 3 aromatic rings. The van der Waals surface area contributed by atoms with Crippen LogP contribution >= 0.6 is 0 Å². The van der Waals surface area contributed by atoms with E-state index in [1.54, 1.807) is 7.11 Å². The zero-order chi connectivity index (χ0) is 19.9. The Kier molecular flexibility index (Phi) is 6.45. The molecule has 0 bridgehead atoms. The van der Waals surface area contributed by atoms with Crippen molar-refractivity contribution >= 4 is 11.6 Å². The zero-order valence-electron chi connectivity index (χ0n) is 16.5. The van der Waals surface area contributed by atoms with Crippen molar-refractivity contribution in [3.63, 3.8) is 0 Å². The molecule has 3 aromatic carbocycles. The van der Waals surface area contributed by atoms with E-state index in [1.165, 1.54) is 11.1 Å². The number of carbonyl (C=O) groups is 1. The summed E-state index contributed by atoms with van der Waals surface area (Å²) in [6.07, 6.45) is 0. The molecular formula is C24H26N2O2. The molecular weight excluding hydrogens is 348 g/mol. The van der Waals surface area contributed by atoms with Crippen molar-refractivity contribution in [1.29, 1.82) is 0 Å². The second-order valence-corrected chi connectivity index (χ2v) is 6.84. The minimum absolute atomic E-state index is 0.122. The number of carbonyl (C=O) groups excluding carboxylic acids is 1. The smallest absolute Gasteiger partial charge is 0.246 e.